The van der Waals surface area contributed by atoms with Crippen molar-refractivity contribution in [1.29, 1.82) is 0 Å². The van der Waals surface area contributed by atoms with E-state index in [9.17, 15) is 0 Å². The Labute approximate surface area is 86.6 Å². The Bertz CT molecular complexity index is 450. The molecule has 3 aromatic rings. The minimum absolute atomic E-state index is 0.956. The van der Waals surface area contributed by atoms with Crippen molar-refractivity contribution in [2.75, 3.05) is 0 Å². The van der Waals surface area contributed by atoms with Gasteiger partial charge in [-0.1, -0.05) is 18.2 Å². The maximum Gasteiger partial charge on any atom is 0.133 e. The molecule has 3 rings (SSSR count). The van der Waals surface area contributed by atoms with Gasteiger partial charge in [-0.3, -0.25) is 0 Å². The Morgan fingerprint density at radius 2 is 1.67 bits per heavy atom. The highest BCUT2D eigenvalue weighted by Crippen LogP contribution is 2.12. The summed E-state index contributed by atoms with van der Waals surface area (Å²) >= 11 is 0. The van der Waals surface area contributed by atoms with Crippen molar-refractivity contribution < 1.29 is 4.42 Å². The van der Waals surface area contributed by atoms with Crippen LogP contribution >= 0.6 is 0 Å². The molecule has 0 unspecified atom stereocenters. The van der Waals surface area contributed by atoms with Crippen molar-refractivity contribution in [2.24, 2.45) is 0 Å². The van der Waals surface area contributed by atoms with Crippen LogP contribution in [0.25, 0.3) is 11.0 Å². The van der Waals surface area contributed by atoms with E-state index in [0.29, 0.717) is 0 Å². The summed E-state index contributed by atoms with van der Waals surface area (Å²) in [7, 11) is 0. The van der Waals surface area contributed by atoms with Crippen molar-refractivity contribution in [3.63, 3.8) is 0 Å². The Morgan fingerprint density at radius 1 is 0.867 bits per heavy atom. The zero-order valence-corrected chi connectivity index (χ0v) is 7.95. The van der Waals surface area contributed by atoms with Gasteiger partial charge in [0.1, 0.15) is 5.58 Å². The molecule has 0 bridgehead atoms. The Kier molecular flexibility index (Phi) is 3.02. The van der Waals surface area contributed by atoms with E-state index in [4.69, 9.17) is 4.42 Å². The number of para-hydroxylation sites is 1. The molecule has 4 nitrogen and oxygen atoms in total. The first-order valence-corrected chi connectivity index (χ1v) is 4.47. The van der Waals surface area contributed by atoms with E-state index in [2.05, 4.69) is 15.4 Å². The summed E-state index contributed by atoms with van der Waals surface area (Å²) in [4.78, 5) is 0. The fraction of sp³-hybridized carbons (Fsp3) is 0. The summed E-state index contributed by atoms with van der Waals surface area (Å²) in [5.74, 6) is 0. The van der Waals surface area contributed by atoms with Crippen molar-refractivity contribution in [3.05, 3.63) is 55.1 Å². The second kappa shape index (κ2) is 4.85. The van der Waals surface area contributed by atoms with Crippen LogP contribution < -0.4 is 0 Å². The van der Waals surface area contributed by atoms with E-state index >= 15 is 0 Å². The Hall–Kier alpha value is -2.23. The number of nitrogens with zero attached hydrogens (tertiary/aromatic N) is 3. The standard InChI is InChI=1S/C8H6O.C3H3N3/c1-2-4-8-7(3-1)5-6-9-8;1-2-4-6-5-3-1/h1-6H;1-3H. The van der Waals surface area contributed by atoms with Crippen LogP contribution in [0.1, 0.15) is 0 Å². The van der Waals surface area contributed by atoms with Gasteiger partial charge in [-0.2, -0.15) is 0 Å². The van der Waals surface area contributed by atoms with E-state index in [1.165, 1.54) is 0 Å². The van der Waals surface area contributed by atoms with Gasteiger partial charge in [-0.15, -0.1) is 10.2 Å². The lowest BCUT2D eigenvalue weighted by atomic mass is 10.3. The highest BCUT2D eigenvalue weighted by molar-refractivity contribution is 5.76. The van der Waals surface area contributed by atoms with Gasteiger partial charge in [-0.25, -0.2) is 0 Å². The van der Waals surface area contributed by atoms with Crippen LogP contribution in [0.2, 0.25) is 0 Å². The molecule has 0 aliphatic heterocycles. The van der Waals surface area contributed by atoms with Crippen molar-refractivity contribution in [1.82, 2.24) is 15.4 Å². The molecule has 0 radical (unpaired) electrons. The van der Waals surface area contributed by atoms with Crippen LogP contribution in [0.15, 0.2) is 59.5 Å². The Balaban J connectivity index is 0.000000124. The average Bonchev–Trinajstić information content (AvgIpc) is 2.80. The van der Waals surface area contributed by atoms with Gasteiger partial charge in [0.25, 0.3) is 0 Å². The molecule has 1 aromatic carbocycles. The molecule has 4 heteroatoms. The lowest BCUT2D eigenvalue weighted by Crippen LogP contribution is -1.78. The van der Waals surface area contributed by atoms with Gasteiger partial charge >= 0.3 is 0 Å². The summed E-state index contributed by atoms with van der Waals surface area (Å²) in [6.45, 7) is 0. The SMILES string of the molecule is c1ccc2occc2c1.c1cnnnc1. The average molecular weight is 199 g/mol. The van der Waals surface area contributed by atoms with E-state index in [1.54, 1.807) is 24.7 Å². The number of hydrogen-bond acceptors (Lipinski definition) is 4. The van der Waals surface area contributed by atoms with Gasteiger partial charge in [0.2, 0.25) is 0 Å². The molecule has 0 saturated carbocycles. The van der Waals surface area contributed by atoms with Gasteiger partial charge in [0.15, 0.2) is 0 Å². The number of hydrogen-bond donors (Lipinski definition) is 0. The minimum atomic E-state index is 0.956. The second-order valence-corrected chi connectivity index (χ2v) is 2.77. The van der Waals surface area contributed by atoms with Crippen molar-refractivity contribution in [2.45, 2.75) is 0 Å². The first kappa shape index (κ1) is 9.33. The highest BCUT2D eigenvalue weighted by atomic mass is 16.3. The fourth-order valence-electron chi connectivity index (χ4n) is 1.11. The van der Waals surface area contributed by atoms with Gasteiger partial charge in [0.05, 0.1) is 18.7 Å². The zero-order chi connectivity index (χ0) is 10.3. The first-order chi connectivity index (χ1) is 7.47. The molecule has 0 amide bonds. The van der Waals surface area contributed by atoms with Crippen LogP contribution in [0.3, 0.4) is 0 Å². The summed E-state index contributed by atoms with van der Waals surface area (Å²) < 4.78 is 5.12. The number of fused-ring (bicyclic) bond motifs is 1. The van der Waals surface area contributed by atoms with E-state index in [0.717, 1.165) is 11.0 Å². The molecule has 2 aromatic heterocycles. The Morgan fingerprint density at radius 3 is 2.27 bits per heavy atom. The third kappa shape index (κ3) is 2.60. The fourth-order valence-corrected chi connectivity index (χ4v) is 1.11. The molecule has 0 aliphatic carbocycles. The molecular formula is C11H9N3O. The molecule has 0 N–H and O–H groups in total. The molecule has 15 heavy (non-hydrogen) atoms. The van der Waals surface area contributed by atoms with Crippen LogP contribution in [-0.2, 0) is 0 Å². The first-order valence-electron chi connectivity index (χ1n) is 4.47. The predicted molar refractivity (Wildman–Crippen MR) is 56.0 cm³/mol. The van der Waals surface area contributed by atoms with Gasteiger partial charge in [0, 0.05) is 5.39 Å². The number of benzene rings is 1. The summed E-state index contributed by atoms with van der Waals surface area (Å²) in [5.41, 5.74) is 0.956. The lowest BCUT2D eigenvalue weighted by molar-refractivity contribution is 0.616. The van der Waals surface area contributed by atoms with Crippen molar-refractivity contribution >= 4 is 11.0 Å². The maximum absolute atomic E-state index is 5.12. The largest absolute Gasteiger partial charge is 0.464 e. The van der Waals surface area contributed by atoms with Crippen LogP contribution in [0.4, 0.5) is 0 Å². The normalized spacial score (nSPS) is 9.33. The van der Waals surface area contributed by atoms with E-state index in [-0.39, 0.29) is 0 Å². The molecule has 0 atom stereocenters. The third-order valence-corrected chi connectivity index (χ3v) is 1.77. The molecule has 0 aliphatic rings. The topological polar surface area (TPSA) is 51.8 Å². The summed E-state index contributed by atoms with van der Waals surface area (Å²) in [5, 5.41) is 11.3. The minimum Gasteiger partial charge on any atom is -0.464 e. The molecule has 0 saturated heterocycles. The van der Waals surface area contributed by atoms with Crippen LogP contribution in [0.5, 0.6) is 0 Å². The van der Waals surface area contributed by atoms with Gasteiger partial charge in [-0.05, 0) is 23.4 Å². The number of rotatable bonds is 0. The molecular weight excluding hydrogens is 190 g/mol. The van der Waals surface area contributed by atoms with Crippen LogP contribution in [-0.4, -0.2) is 15.4 Å². The molecule has 0 fully saturated rings. The lowest BCUT2D eigenvalue weighted by Gasteiger charge is -1.81. The monoisotopic (exact) mass is 199 g/mol. The highest BCUT2D eigenvalue weighted by Gasteiger charge is 1.89. The maximum atomic E-state index is 5.12. The summed E-state index contributed by atoms with van der Waals surface area (Å²) in [6.07, 6.45) is 4.85. The van der Waals surface area contributed by atoms with Crippen molar-refractivity contribution in [3.8, 4) is 0 Å². The molecule has 0 spiro atoms. The number of aromatic nitrogens is 3. The van der Waals surface area contributed by atoms with Gasteiger partial charge < -0.3 is 4.42 Å². The molecule has 74 valence electrons. The second-order valence-electron chi connectivity index (χ2n) is 2.77. The third-order valence-electron chi connectivity index (χ3n) is 1.77. The number of furan rings is 1. The van der Waals surface area contributed by atoms with Crippen LogP contribution in [0, 0.1) is 0 Å². The predicted octanol–water partition coefficient (Wildman–Crippen LogP) is 2.30. The zero-order valence-electron chi connectivity index (χ0n) is 7.95. The van der Waals surface area contributed by atoms with E-state index < -0.39 is 0 Å². The smallest absolute Gasteiger partial charge is 0.133 e. The van der Waals surface area contributed by atoms with E-state index in [1.807, 2.05) is 30.3 Å². The molecule has 2 heterocycles. The summed E-state index contributed by atoms with van der Waals surface area (Å²) in [6, 6.07) is 11.6. The quantitative estimate of drug-likeness (QED) is 0.557.